The van der Waals surface area contributed by atoms with E-state index in [0.717, 1.165) is 16.9 Å². The third-order valence-electron chi connectivity index (χ3n) is 5.21. The van der Waals surface area contributed by atoms with Crippen LogP contribution in [0.5, 0.6) is 11.5 Å². The number of anilines is 2. The fraction of sp³-hybridized carbons (Fsp3) is 0.130. The van der Waals surface area contributed by atoms with Gasteiger partial charge < -0.3 is 15.1 Å². The first-order valence-electron chi connectivity index (χ1n) is 9.21. The SMILES string of the molecule is C=CCS(=O)(=O)c1cccc2c1-c1cc(O)ccc1C(C)N2c1ccc(O)cc1. The number of hydrogen-bond acceptors (Lipinski definition) is 5. The Balaban J connectivity index is 2.06. The lowest BCUT2D eigenvalue weighted by molar-refractivity contribution is 0.474. The van der Waals surface area contributed by atoms with Crippen LogP contribution >= 0.6 is 0 Å². The van der Waals surface area contributed by atoms with Crippen molar-refractivity contribution < 1.29 is 18.6 Å². The monoisotopic (exact) mass is 407 g/mol. The van der Waals surface area contributed by atoms with Crippen LogP contribution in [0.2, 0.25) is 0 Å². The fourth-order valence-electron chi connectivity index (χ4n) is 3.94. The van der Waals surface area contributed by atoms with Gasteiger partial charge in [-0.15, -0.1) is 6.58 Å². The molecule has 1 atom stereocenters. The quantitative estimate of drug-likeness (QED) is 0.599. The first-order chi connectivity index (χ1) is 13.8. The maximum atomic E-state index is 13.0. The second-order valence-corrected chi connectivity index (χ2v) is 9.06. The van der Waals surface area contributed by atoms with Crippen molar-refractivity contribution in [2.24, 2.45) is 0 Å². The molecule has 0 saturated carbocycles. The molecule has 0 spiro atoms. The molecule has 3 aromatic carbocycles. The summed E-state index contributed by atoms with van der Waals surface area (Å²) in [5.74, 6) is 0.0639. The number of rotatable bonds is 4. The van der Waals surface area contributed by atoms with Crippen LogP contribution in [0.3, 0.4) is 0 Å². The zero-order chi connectivity index (χ0) is 20.8. The minimum absolute atomic E-state index is 0.0795. The van der Waals surface area contributed by atoms with Crippen LogP contribution in [-0.4, -0.2) is 24.4 Å². The van der Waals surface area contributed by atoms with Crippen LogP contribution in [0.15, 0.2) is 78.2 Å². The van der Waals surface area contributed by atoms with Crippen molar-refractivity contribution in [1.82, 2.24) is 0 Å². The highest BCUT2D eigenvalue weighted by Crippen LogP contribution is 2.51. The normalized spacial score (nSPS) is 15.5. The molecule has 0 aromatic heterocycles. The predicted molar refractivity (Wildman–Crippen MR) is 114 cm³/mol. The molecule has 1 aliphatic heterocycles. The summed E-state index contributed by atoms with van der Waals surface area (Å²) in [7, 11) is -3.60. The number of aromatic hydroxyl groups is 2. The highest BCUT2D eigenvalue weighted by molar-refractivity contribution is 7.91. The third kappa shape index (κ3) is 3.15. The second-order valence-electron chi connectivity index (χ2n) is 7.05. The van der Waals surface area contributed by atoms with Gasteiger partial charge in [-0.1, -0.05) is 18.2 Å². The first kappa shape index (κ1) is 19.1. The number of phenolic OH excluding ortho intramolecular Hbond substituents is 2. The smallest absolute Gasteiger partial charge is 0.182 e. The van der Waals surface area contributed by atoms with Crippen LogP contribution in [0.25, 0.3) is 11.1 Å². The molecule has 4 rings (SSSR count). The van der Waals surface area contributed by atoms with Gasteiger partial charge in [0.05, 0.1) is 22.4 Å². The van der Waals surface area contributed by atoms with Gasteiger partial charge in [-0.2, -0.15) is 0 Å². The Hall–Kier alpha value is -3.25. The molecule has 0 bridgehead atoms. The molecule has 6 heteroatoms. The number of sulfone groups is 1. The van der Waals surface area contributed by atoms with Crippen molar-refractivity contribution in [3.05, 3.63) is 78.9 Å². The van der Waals surface area contributed by atoms with Gasteiger partial charge in [0.1, 0.15) is 11.5 Å². The Morgan fingerprint density at radius 3 is 2.41 bits per heavy atom. The van der Waals surface area contributed by atoms with Gasteiger partial charge in [0.15, 0.2) is 9.84 Å². The maximum Gasteiger partial charge on any atom is 0.182 e. The first-order valence-corrected chi connectivity index (χ1v) is 10.9. The van der Waals surface area contributed by atoms with Gasteiger partial charge in [-0.3, -0.25) is 0 Å². The summed E-state index contributed by atoms with van der Waals surface area (Å²) in [5.41, 5.74) is 3.72. The minimum atomic E-state index is -3.60. The van der Waals surface area contributed by atoms with Crippen molar-refractivity contribution in [3.8, 4) is 22.6 Å². The Bertz CT molecular complexity index is 1200. The van der Waals surface area contributed by atoms with E-state index >= 15 is 0 Å². The van der Waals surface area contributed by atoms with Crippen LogP contribution in [0.4, 0.5) is 11.4 Å². The fourth-order valence-corrected chi connectivity index (χ4v) is 5.25. The molecule has 1 heterocycles. The topological polar surface area (TPSA) is 77.8 Å². The average molecular weight is 407 g/mol. The predicted octanol–water partition coefficient (Wildman–Crippen LogP) is 4.94. The molecule has 3 aromatic rings. The number of benzene rings is 3. The van der Waals surface area contributed by atoms with E-state index in [1.54, 1.807) is 48.5 Å². The zero-order valence-electron chi connectivity index (χ0n) is 15.9. The molecule has 0 fully saturated rings. The molecule has 0 amide bonds. The van der Waals surface area contributed by atoms with Gasteiger partial charge in [0, 0.05) is 11.3 Å². The summed E-state index contributed by atoms with van der Waals surface area (Å²) in [6, 6.07) is 16.9. The van der Waals surface area contributed by atoms with E-state index < -0.39 is 9.84 Å². The van der Waals surface area contributed by atoms with Crippen molar-refractivity contribution in [3.63, 3.8) is 0 Å². The number of nitrogens with zero attached hydrogens (tertiary/aromatic N) is 1. The van der Waals surface area contributed by atoms with Gasteiger partial charge >= 0.3 is 0 Å². The van der Waals surface area contributed by atoms with E-state index in [1.165, 1.54) is 6.08 Å². The van der Waals surface area contributed by atoms with Crippen molar-refractivity contribution >= 4 is 21.2 Å². The van der Waals surface area contributed by atoms with E-state index in [-0.39, 0.29) is 28.2 Å². The molecule has 2 N–H and O–H groups in total. The summed E-state index contributed by atoms with van der Waals surface area (Å²) >= 11 is 0. The summed E-state index contributed by atoms with van der Waals surface area (Å²) < 4.78 is 26.0. The van der Waals surface area contributed by atoms with E-state index in [9.17, 15) is 18.6 Å². The van der Waals surface area contributed by atoms with E-state index in [2.05, 4.69) is 6.58 Å². The third-order valence-corrected chi connectivity index (χ3v) is 6.89. The van der Waals surface area contributed by atoms with E-state index in [4.69, 9.17) is 0 Å². The lowest BCUT2D eigenvalue weighted by Gasteiger charge is -2.39. The van der Waals surface area contributed by atoms with Crippen LogP contribution in [0, 0.1) is 0 Å². The zero-order valence-corrected chi connectivity index (χ0v) is 16.7. The van der Waals surface area contributed by atoms with E-state index in [0.29, 0.717) is 11.1 Å². The Morgan fingerprint density at radius 1 is 1.03 bits per heavy atom. The van der Waals surface area contributed by atoms with Gasteiger partial charge in [-0.25, -0.2) is 8.42 Å². The summed E-state index contributed by atoms with van der Waals surface area (Å²) in [6.07, 6.45) is 1.38. The van der Waals surface area contributed by atoms with Gasteiger partial charge in [-0.05, 0) is 66.6 Å². The molecule has 1 aliphatic rings. The van der Waals surface area contributed by atoms with Gasteiger partial charge in [0.2, 0.25) is 0 Å². The van der Waals surface area contributed by atoms with Crippen LogP contribution < -0.4 is 4.90 Å². The van der Waals surface area contributed by atoms with Gasteiger partial charge in [0.25, 0.3) is 0 Å². The highest BCUT2D eigenvalue weighted by atomic mass is 32.2. The molecular weight excluding hydrogens is 386 g/mol. The second kappa shape index (κ2) is 6.97. The standard InChI is InChI=1S/C23H21NO4S/c1-3-13-29(27,28)22-6-4-5-21-23(22)20-14-18(26)11-12-19(20)15(2)24(21)16-7-9-17(25)10-8-16/h3-12,14-15,25-26H,1,13H2,2H3. The molecular formula is C23H21NO4S. The number of hydrogen-bond donors (Lipinski definition) is 2. The van der Waals surface area contributed by atoms with E-state index in [1.807, 2.05) is 24.0 Å². The summed E-state index contributed by atoms with van der Waals surface area (Å²) in [5, 5.41) is 19.8. The van der Waals surface area contributed by atoms with Crippen molar-refractivity contribution in [2.45, 2.75) is 17.9 Å². The molecule has 0 saturated heterocycles. The van der Waals surface area contributed by atoms with Crippen molar-refractivity contribution in [1.29, 1.82) is 0 Å². The van der Waals surface area contributed by atoms with Crippen LogP contribution in [-0.2, 0) is 9.84 Å². The Labute approximate surface area is 170 Å². The highest BCUT2D eigenvalue weighted by Gasteiger charge is 2.33. The Morgan fingerprint density at radius 2 is 1.72 bits per heavy atom. The molecule has 5 nitrogen and oxygen atoms in total. The van der Waals surface area contributed by atoms with Crippen LogP contribution in [0.1, 0.15) is 18.5 Å². The lowest BCUT2D eigenvalue weighted by atomic mass is 9.88. The number of fused-ring (bicyclic) bond motifs is 3. The lowest BCUT2D eigenvalue weighted by Crippen LogP contribution is -2.27. The molecule has 1 unspecified atom stereocenters. The van der Waals surface area contributed by atoms with Crippen molar-refractivity contribution in [2.75, 3.05) is 10.7 Å². The minimum Gasteiger partial charge on any atom is -0.508 e. The largest absolute Gasteiger partial charge is 0.508 e. The average Bonchev–Trinajstić information content (AvgIpc) is 2.69. The summed E-state index contributed by atoms with van der Waals surface area (Å²) in [4.78, 5) is 2.25. The molecule has 0 aliphatic carbocycles. The molecule has 148 valence electrons. The Kier molecular flexibility index (Phi) is 4.59. The number of phenols is 2. The maximum absolute atomic E-state index is 13.0. The summed E-state index contributed by atoms with van der Waals surface area (Å²) in [6.45, 7) is 5.60. The molecule has 0 radical (unpaired) electrons. The molecule has 29 heavy (non-hydrogen) atoms.